The number of carbonyl (C=O) groups excluding carboxylic acids is 1. The highest BCUT2D eigenvalue weighted by Gasteiger charge is 2.35. The molecule has 0 radical (unpaired) electrons. The maximum Gasteiger partial charge on any atom is 0.263 e. The third-order valence-corrected chi connectivity index (χ3v) is 6.95. The van der Waals surface area contributed by atoms with Crippen LogP contribution in [-0.4, -0.2) is 10.5 Å². The molecule has 1 amide bonds. The standard InChI is InChI=1S/C30H20Cl2N2O/c31-25-13-8-14-26(32)29(25)34-28-16-7-5-12-23(28)24(30(34)35)17-21-19-33(18-20-9-2-1-3-10-20)27-15-6-4-11-22(21)27/h1-17,19H,18H2/b24-17-. The van der Waals surface area contributed by atoms with Crippen molar-refractivity contribution >= 4 is 63.0 Å². The Bertz CT molecular complexity index is 1600. The van der Waals surface area contributed by atoms with Gasteiger partial charge in [0.25, 0.3) is 5.91 Å². The Morgan fingerprint density at radius 2 is 1.43 bits per heavy atom. The van der Waals surface area contributed by atoms with Crippen molar-refractivity contribution in [2.45, 2.75) is 6.54 Å². The van der Waals surface area contributed by atoms with Crippen molar-refractivity contribution < 1.29 is 4.79 Å². The lowest BCUT2D eigenvalue weighted by molar-refractivity contribution is -0.112. The van der Waals surface area contributed by atoms with Gasteiger partial charge in [0.05, 0.1) is 27.0 Å². The molecule has 3 nitrogen and oxygen atoms in total. The van der Waals surface area contributed by atoms with Gasteiger partial charge in [-0.2, -0.15) is 0 Å². The van der Waals surface area contributed by atoms with Crippen molar-refractivity contribution in [1.29, 1.82) is 0 Å². The molecule has 0 saturated carbocycles. The van der Waals surface area contributed by atoms with E-state index in [-0.39, 0.29) is 5.91 Å². The third-order valence-electron chi connectivity index (χ3n) is 6.34. The minimum atomic E-state index is -0.152. The highest BCUT2D eigenvalue weighted by molar-refractivity contribution is 6.45. The number of benzene rings is 4. The molecule has 0 saturated heterocycles. The Kier molecular flexibility index (Phi) is 5.44. The highest BCUT2D eigenvalue weighted by Crippen LogP contribution is 2.47. The Morgan fingerprint density at radius 1 is 0.743 bits per heavy atom. The molecule has 6 rings (SSSR count). The van der Waals surface area contributed by atoms with E-state index < -0.39 is 0 Å². The number of carbonyl (C=O) groups is 1. The van der Waals surface area contributed by atoms with E-state index in [1.807, 2.05) is 60.7 Å². The van der Waals surface area contributed by atoms with E-state index in [2.05, 4.69) is 35.0 Å². The Labute approximate surface area is 213 Å². The van der Waals surface area contributed by atoms with Crippen LogP contribution in [0.4, 0.5) is 11.4 Å². The molecule has 1 aromatic heterocycles. The largest absolute Gasteiger partial charge is 0.342 e. The number of para-hydroxylation sites is 3. The Hall–Kier alpha value is -3.79. The lowest BCUT2D eigenvalue weighted by Gasteiger charge is -2.20. The van der Waals surface area contributed by atoms with Gasteiger partial charge >= 0.3 is 0 Å². The fraction of sp³-hybridized carbons (Fsp3) is 0.0333. The van der Waals surface area contributed by atoms with E-state index >= 15 is 0 Å². The summed E-state index contributed by atoms with van der Waals surface area (Å²) < 4.78 is 2.23. The van der Waals surface area contributed by atoms with E-state index in [9.17, 15) is 4.79 Å². The number of hydrogen-bond donors (Lipinski definition) is 0. The summed E-state index contributed by atoms with van der Waals surface area (Å²) in [6.45, 7) is 0.746. The number of aromatic nitrogens is 1. The van der Waals surface area contributed by atoms with Crippen molar-refractivity contribution in [1.82, 2.24) is 4.57 Å². The summed E-state index contributed by atoms with van der Waals surface area (Å²) in [5, 5.41) is 1.96. The first-order chi connectivity index (χ1) is 17.1. The van der Waals surface area contributed by atoms with Gasteiger partial charge in [0.2, 0.25) is 0 Å². The SMILES string of the molecule is O=C1/C(=C\c2cn(Cc3ccccc3)c3ccccc23)c2ccccc2N1c1c(Cl)cccc1Cl. The number of anilines is 2. The molecule has 4 aromatic carbocycles. The second-order valence-electron chi connectivity index (χ2n) is 8.50. The van der Waals surface area contributed by atoms with Crippen molar-refractivity contribution in [3.05, 3.63) is 130 Å². The van der Waals surface area contributed by atoms with Gasteiger partial charge in [0, 0.05) is 34.8 Å². The minimum Gasteiger partial charge on any atom is -0.342 e. The Balaban J connectivity index is 1.50. The molecule has 2 heterocycles. The van der Waals surface area contributed by atoms with E-state index in [4.69, 9.17) is 23.2 Å². The van der Waals surface area contributed by atoms with Crippen LogP contribution in [0.5, 0.6) is 0 Å². The molecular formula is C30H20Cl2N2O. The first-order valence-electron chi connectivity index (χ1n) is 11.3. The zero-order valence-corrected chi connectivity index (χ0v) is 20.2. The van der Waals surface area contributed by atoms with Gasteiger partial charge in [-0.05, 0) is 35.9 Å². The minimum absolute atomic E-state index is 0.152. The van der Waals surface area contributed by atoms with Crippen LogP contribution in [0, 0.1) is 0 Å². The van der Waals surface area contributed by atoms with Gasteiger partial charge in [-0.15, -0.1) is 0 Å². The average molecular weight is 495 g/mol. The van der Waals surface area contributed by atoms with Crippen LogP contribution in [0.2, 0.25) is 10.0 Å². The maximum atomic E-state index is 13.8. The second kappa shape index (κ2) is 8.77. The second-order valence-corrected chi connectivity index (χ2v) is 9.32. The van der Waals surface area contributed by atoms with Crippen molar-refractivity contribution in [3.63, 3.8) is 0 Å². The van der Waals surface area contributed by atoms with Crippen LogP contribution in [0.1, 0.15) is 16.7 Å². The summed E-state index contributed by atoms with van der Waals surface area (Å²) >= 11 is 13.0. The summed E-state index contributed by atoms with van der Waals surface area (Å²) in [6.07, 6.45) is 4.10. The Morgan fingerprint density at radius 3 is 2.23 bits per heavy atom. The number of rotatable bonds is 4. The number of fused-ring (bicyclic) bond motifs is 2. The molecule has 0 bridgehead atoms. The number of amides is 1. The van der Waals surface area contributed by atoms with Crippen LogP contribution in [0.3, 0.4) is 0 Å². The van der Waals surface area contributed by atoms with Crippen molar-refractivity contribution in [2.24, 2.45) is 0 Å². The molecule has 0 atom stereocenters. The molecule has 0 aliphatic carbocycles. The molecule has 35 heavy (non-hydrogen) atoms. The van der Waals surface area contributed by atoms with E-state index in [1.54, 1.807) is 23.1 Å². The lowest BCUT2D eigenvalue weighted by Crippen LogP contribution is -2.21. The van der Waals surface area contributed by atoms with Gasteiger partial charge in [0.15, 0.2) is 0 Å². The molecule has 1 aliphatic heterocycles. The molecule has 0 unspecified atom stereocenters. The predicted molar refractivity (Wildman–Crippen MR) is 145 cm³/mol. The van der Waals surface area contributed by atoms with Crippen molar-refractivity contribution in [3.8, 4) is 0 Å². The summed E-state index contributed by atoms with van der Waals surface area (Å²) in [6, 6.07) is 31.6. The monoisotopic (exact) mass is 494 g/mol. The molecule has 170 valence electrons. The van der Waals surface area contributed by atoms with E-state index in [0.29, 0.717) is 21.3 Å². The third kappa shape index (κ3) is 3.74. The van der Waals surface area contributed by atoms with Crippen LogP contribution < -0.4 is 4.90 Å². The molecule has 5 aromatic rings. The topological polar surface area (TPSA) is 25.2 Å². The fourth-order valence-corrected chi connectivity index (χ4v) is 5.33. The summed E-state index contributed by atoms with van der Waals surface area (Å²) in [5.74, 6) is -0.152. The van der Waals surface area contributed by atoms with Gasteiger partial charge in [-0.3, -0.25) is 9.69 Å². The zero-order chi connectivity index (χ0) is 23.9. The van der Waals surface area contributed by atoms with Crippen LogP contribution >= 0.6 is 23.2 Å². The maximum absolute atomic E-state index is 13.8. The summed E-state index contributed by atoms with van der Waals surface area (Å²) in [7, 11) is 0. The van der Waals surface area contributed by atoms with Gasteiger partial charge in [-0.25, -0.2) is 0 Å². The number of halogens is 2. The number of hydrogen-bond acceptors (Lipinski definition) is 1. The van der Waals surface area contributed by atoms with E-state index in [0.717, 1.165) is 34.3 Å². The summed E-state index contributed by atoms with van der Waals surface area (Å²) in [4.78, 5) is 15.5. The molecule has 0 spiro atoms. The molecule has 1 aliphatic rings. The first-order valence-corrected chi connectivity index (χ1v) is 12.1. The van der Waals surface area contributed by atoms with Gasteiger partial charge in [0.1, 0.15) is 0 Å². The molecule has 0 N–H and O–H groups in total. The quantitative estimate of drug-likeness (QED) is 0.231. The molecule has 0 fully saturated rings. The van der Waals surface area contributed by atoms with Gasteiger partial charge < -0.3 is 4.57 Å². The van der Waals surface area contributed by atoms with Crippen LogP contribution in [-0.2, 0) is 11.3 Å². The fourth-order valence-electron chi connectivity index (χ4n) is 4.76. The van der Waals surface area contributed by atoms with E-state index in [1.165, 1.54) is 5.56 Å². The smallest absolute Gasteiger partial charge is 0.263 e. The molecular weight excluding hydrogens is 475 g/mol. The zero-order valence-electron chi connectivity index (χ0n) is 18.7. The highest BCUT2D eigenvalue weighted by atomic mass is 35.5. The van der Waals surface area contributed by atoms with Crippen LogP contribution in [0.15, 0.2) is 103 Å². The average Bonchev–Trinajstić information content (AvgIpc) is 3.35. The molecule has 5 heteroatoms. The van der Waals surface area contributed by atoms with Gasteiger partial charge in [-0.1, -0.05) is 96.0 Å². The first kappa shape index (κ1) is 21.7. The lowest BCUT2D eigenvalue weighted by atomic mass is 10.0. The number of nitrogens with zero attached hydrogens (tertiary/aromatic N) is 2. The van der Waals surface area contributed by atoms with Crippen LogP contribution in [0.25, 0.3) is 22.6 Å². The predicted octanol–water partition coefficient (Wildman–Crippen LogP) is 8.22. The van der Waals surface area contributed by atoms with Crippen molar-refractivity contribution in [2.75, 3.05) is 4.90 Å². The summed E-state index contributed by atoms with van der Waals surface area (Å²) in [5.41, 5.74) is 6.06. The normalized spacial score (nSPS) is 14.2.